The zero-order valence-electron chi connectivity index (χ0n) is 6.54. The van der Waals surface area contributed by atoms with Crippen molar-refractivity contribution >= 4 is 21.9 Å². The molecule has 0 fully saturated rings. The molecule has 1 rings (SSSR count). The molecule has 0 saturated carbocycles. The number of aliphatic carboxylic acids is 1. The van der Waals surface area contributed by atoms with E-state index < -0.39 is 5.97 Å². The highest BCUT2D eigenvalue weighted by Gasteiger charge is 2.07. The van der Waals surface area contributed by atoms with Crippen LogP contribution in [-0.4, -0.2) is 16.1 Å². The predicted molar refractivity (Wildman–Crippen MR) is 48.0 cm³/mol. The molecule has 0 amide bonds. The monoisotopic (exact) mass is 229 g/mol. The van der Waals surface area contributed by atoms with Crippen molar-refractivity contribution in [3.05, 3.63) is 28.0 Å². The number of rotatable bonds is 2. The molecule has 1 aromatic rings. The van der Waals surface area contributed by atoms with Crippen LogP contribution in [0.1, 0.15) is 11.3 Å². The smallest absolute Gasteiger partial charge is 0.307 e. The fourth-order valence-corrected chi connectivity index (χ4v) is 1.47. The average Bonchev–Trinajstić information content (AvgIpc) is 1.97. The van der Waals surface area contributed by atoms with E-state index >= 15 is 0 Å². The number of aryl methyl sites for hydroxylation is 1. The number of hydrogen-bond donors (Lipinski definition) is 1. The average molecular weight is 230 g/mol. The van der Waals surface area contributed by atoms with Gasteiger partial charge in [-0.3, -0.25) is 9.78 Å². The van der Waals surface area contributed by atoms with Crippen LogP contribution in [0, 0.1) is 6.92 Å². The lowest BCUT2D eigenvalue weighted by atomic mass is 10.1. The molecule has 3 nitrogen and oxygen atoms in total. The Balaban J connectivity index is 3.04. The summed E-state index contributed by atoms with van der Waals surface area (Å²) in [5.74, 6) is -0.841. The molecule has 4 heteroatoms. The maximum Gasteiger partial charge on any atom is 0.307 e. The lowest BCUT2D eigenvalue weighted by Gasteiger charge is -2.03. The Morgan fingerprint density at radius 2 is 2.42 bits per heavy atom. The molecule has 0 aliphatic rings. The zero-order chi connectivity index (χ0) is 9.14. The van der Waals surface area contributed by atoms with Crippen LogP contribution in [0.5, 0.6) is 0 Å². The van der Waals surface area contributed by atoms with E-state index in [1.54, 1.807) is 19.2 Å². The maximum absolute atomic E-state index is 10.4. The fourth-order valence-electron chi connectivity index (χ4n) is 0.929. The lowest BCUT2D eigenvalue weighted by Crippen LogP contribution is -2.03. The molecule has 0 aliphatic carbocycles. The van der Waals surface area contributed by atoms with Gasteiger partial charge in [0.1, 0.15) is 0 Å². The van der Waals surface area contributed by atoms with Crippen LogP contribution in [0.2, 0.25) is 0 Å². The minimum atomic E-state index is -0.841. The molecule has 0 atom stereocenters. The number of nitrogens with zero attached hydrogens (tertiary/aromatic N) is 1. The topological polar surface area (TPSA) is 50.2 Å². The number of halogens is 1. The van der Waals surface area contributed by atoms with E-state index in [0.717, 1.165) is 15.7 Å². The normalized spacial score (nSPS) is 9.83. The van der Waals surface area contributed by atoms with E-state index in [4.69, 9.17) is 5.11 Å². The lowest BCUT2D eigenvalue weighted by molar-refractivity contribution is -0.136. The van der Waals surface area contributed by atoms with Crippen LogP contribution in [0.25, 0.3) is 0 Å². The molecule has 0 bridgehead atoms. The van der Waals surface area contributed by atoms with E-state index in [1.807, 2.05) is 0 Å². The molecule has 0 radical (unpaired) electrons. The molecule has 0 aliphatic heterocycles. The number of pyridine rings is 1. The first-order valence-corrected chi connectivity index (χ1v) is 4.22. The van der Waals surface area contributed by atoms with Crippen molar-refractivity contribution in [2.45, 2.75) is 13.3 Å². The first kappa shape index (κ1) is 9.19. The van der Waals surface area contributed by atoms with Crippen LogP contribution < -0.4 is 0 Å². The van der Waals surface area contributed by atoms with Gasteiger partial charge in [0.25, 0.3) is 0 Å². The second kappa shape index (κ2) is 3.67. The van der Waals surface area contributed by atoms with Crippen LogP contribution in [0.4, 0.5) is 0 Å². The molecular formula is C8H8BrNO2. The summed E-state index contributed by atoms with van der Waals surface area (Å²) in [6.07, 6.45) is 1.66. The molecule has 0 saturated heterocycles. The molecule has 1 aromatic heterocycles. The quantitative estimate of drug-likeness (QED) is 0.842. The summed E-state index contributed by atoms with van der Waals surface area (Å²) in [7, 11) is 0. The second-order valence-corrected chi connectivity index (χ2v) is 3.28. The van der Waals surface area contributed by atoms with Gasteiger partial charge in [-0.1, -0.05) is 15.9 Å². The minimum absolute atomic E-state index is 0.0141. The molecule has 64 valence electrons. The third-order valence-electron chi connectivity index (χ3n) is 1.54. The fraction of sp³-hybridized carbons (Fsp3) is 0.250. The van der Waals surface area contributed by atoms with Gasteiger partial charge in [0, 0.05) is 16.4 Å². The largest absolute Gasteiger partial charge is 0.481 e. The number of hydrogen-bond acceptors (Lipinski definition) is 2. The summed E-state index contributed by atoms with van der Waals surface area (Å²) < 4.78 is 0.803. The summed E-state index contributed by atoms with van der Waals surface area (Å²) in [5, 5.41) is 8.57. The predicted octanol–water partition coefficient (Wildman–Crippen LogP) is 1.78. The number of carboxylic acid groups (broad SMARTS) is 1. The molecule has 0 unspecified atom stereocenters. The molecule has 12 heavy (non-hydrogen) atoms. The second-order valence-electron chi connectivity index (χ2n) is 2.43. The summed E-state index contributed by atoms with van der Waals surface area (Å²) >= 11 is 3.27. The van der Waals surface area contributed by atoms with Gasteiger partial charge < -0.3 is 5.11 Å². The van der Waals surface area contributed by atoms with Crippen molar-refractivity contribution in [3.8, 4) is 0 Å². The number of aromatic nitrogens is 1. The van der Waals surface area contributed by atoms with Crippen LogP contribution in [0.3, 0.4) is 0 Å². The summed E-state index contributed by atoms with van der Waals surface area (Å²) in [6, 6.07) is 1.74. The van der Waals surface area contributed by atoms with Crippen molar-refractivity contribution in [3.63, 3.8) is 0 Å². The highest BCUT2D eigenvalue weighted by molar-refractivity contribution is 9.10. The van der Waals surface area contributed by atoms with Gasteiger partial charge in [0.2, 0.25) is 0 Å². The van der Waals surface area contributed by atoms with Gasteiger partial charge in [-0.15, -0.1) is 0 Å². The Morgan fingerprint density at radius 3 is 2.92 bits per heavy atom. The van der Waals surface area contributed by atoms with E-state index in [-0.39, 0.29) is 6.42 Å². The number of carboxylic acids is 1. The van der Waals surface area contributed by atoms with Crippen LogP contribution >= 0.6 is 15.9 Å². The van der Waals surface area contributed by atoms with Gasteiger partial charge in [-0.2, -0.15) is 0 Å². The van der Waals surface area contributed by atoms with E-state index in [2.05, 4.69) is 20.9 Å². The van der Waals surface area contributed by atoms with Crippen molar-refractivity contribution < 1.29 is 9.90 Å². The zero-order valence-corrected chi connectivity index (χ0v) is 8.13. The highest BCUT2D eigenvalue weighted by Crippen LogP contribution is 2.18. The third kappa shape index (κ3) is 2.04. The van der Waals surface area contributed by atoms with Gasteiger partial charge in [0.15, 0.2) is 0 Å². The summed E-state index contributed by atoms with van der Waals surface area (Å²) in [6.45, 7) is 1.79. The minimum Gasteiger partial charge on any atom is -0.481 e. The Labute approximate surface area is 78.6 Å². The molecule has 1 N–H and O–H groups in total. The molecule has 0 spiro atoms. The maximum atomic E-state index is 10.4. The first-order valence-electron chi connectivity index (χ1n) is 3.43. The van der Waals surface area contributed by atoms with E-state index in [9.17, 15) is 4.79 Å². The molecule has 0 aromatic carbocycles. The van der Waals surface area contributed by atoms with Crippen molar-refractivity contribution in [1.29, 1.82) is 0 Å². The third-order valence-corrected chi connectivity index (χ3v) is 2.29. The number of carbonyl (C=O) groups is 1. The standard InChI is InChI=1S/C8H8BrNO2/c1-5-6(4-8(11)12)7(9)2-3-10-5/h2-3H,4H2,1H3,(H,11,12). The highest BCUT2D eigenvalue weighted by atomic mass is 79.9. The van der Waals surface area contributed by atoms with Crippen molar-refractivity contribution in [2.24, 2.45) is 0 Å². The molecular weight excluding hydrogens is 222 g/mol. The van der Waals surface area contributed by atoms with Crippen LogP contribution in [0.15, 0.2) is 16.7 Å². The van der Waals surface area contributed by atoms with Gasteiger partial charge in [0.05, 0.1) is 6.42 Å². The van der Waals surface area contributed by atoms with Crippen molar-refractivity contribution in [1.82, 2.24) is 4.98 Å². The molecule has 1 heterocycles. The van der Waals surface area contributed by atoms with E-state index in [0.29, 0.717) is 0 Å². The summed E-state index contributed by atoms with van der Waals surface area (Å²) in [4.78, 5) is 14.4. The Kier molecular flexibility index (Phi) is 2.81. The summed E-state index contributed by atoms with van der Waals surface area (Å²) in [5.41, 5.74) is 1.50. The van der Waals surface area contributed by atoms with E-state index in [1.165, 1.54) is 0 Å². The first-order chi connectivity index (χ1) is 5.61. The van der Waals surface area contributed by atoms with Gasteiger partial charge >= 0.3 is 5.97 Å². The van der Waals surface area contributed by atoms with Gasteiger partial charge in [-0.05, 0) is 18.6 Å². The van der Waals surface area contributed by atoms with Crippen molar-refractivity contribution in [2.75, 3.05) is 0 Å². The Morgan fingerprint density at radius 1 is 1.75 bits per heavy atom. The van der Waals surface area contributed by atoms with Crippen LogP contribution in [-0.2, 0) is 11.2 Å². The Hall–Kier alpha value is -0.900. The SMILES string of the molecule is Cc1nccc(Br)c1CC(=O)O. The van der Waals surface area contributed by atoms with Gasteiger partial charge in [-0.25, -0.2) is 0 Å². The Bertz CT molecular complexity index is 292.